The van der Waals surface area contributed by atoms with Crippen molar-refractivity contribution in [3.63, 3.8) is 0 Å². The van der Waals surface area contributed by atoms with Crippen molar-refractivity contribution in [3.05, 3.63) is 59.2 Å². The standard InChI is InChI=1S/C25H33NO3/c1-18-7-9-19(10-8-18)17-26-15-14-25(27)13-5-4-6-22(25)24(26)21-12-11-20(28-2)16-23(21)29-3/h7-12,16,22,24,27H,4-6,13-15,17H2,1-3H3/t22?,24-,25?/m0/s1. The Hall–Kier alpha value is -2.04. The van der Waals surface area contributed by atoms with E-state index in [4.69, 9.17) is 9.47 Å². The minimum absolute atomic E-state index is 0.135. The lowest BCUT2D eigenvalue weighted by atomic mass is 9.66. The van der Waals surface area contributed by atoms with Gasteiger partial charge in [-0.15, -0.1) is 0 Å². The lowest BCUT2D eigenvalue weighted by Crippen LogP contribution is -2.54. The Balaban J connectivity index is 1.73. The molecular formula is C25H33NO3. The minimum atomic E-state index is -0.572. The van der Waals surface area contributed by atoms with Crippen molar-refractivity contribution in [1.29, 1.82) is 0 Å². The number of piperidine rings is 1. The molecule has 2 fully saturated rings. The Morgan fingerprint density at radius 2 is 1.83 bits per heavy atom. The third-order valence-electron chi connectivity index (χ3n) is 6.94. The van der Waals surface area contributed by atoms with Gasteiger partial charge in [-0.3, -0.25) is 4.90 Å². The normalized spacial score (nSPS) is 27.3. The Morgan fingerprint density at radius 1 is 1.03 bits per heavy atom. The number of nitrogens with zero attached hydrogens (tertiary/aromatic N) is 1. The van der Waals surface area contributed by atoms with Crippen LogP contribution in [-0.4, -0.2) is 36.4 Å². The Kier molecular flexibility index (Phi) is 5.84. The summed E-state index contributed by atoms with van der Waals surface area (Å²) in [6, 6.07) is 15.0. The van der Waals surface area contributed by atoms with Gasteiger partial charge in [-0.25, -0.2) is 0 Å². The van der Waals surface area contributed by atoms with Crippen LogP contribution in [0.2, 0.25) is 0 Å². The summed E-state index contributed by atoms with van der Waals surface area (Å²) in [6.07, 6.45) is 5.11. The van der Waals surface area contributed by atoms with Crippen LogP contribution in [0.1, 0.15) is 54.8 Å². The zero-order valence-electron chi connectivity index (χ0n) is 17.9. The molecule has 2 aliphatic rings. The lowest BCUT2D eigenvalue weighted by molar-refractivity contribution is -0.126. The van der Waals surface area contributed by atoms with Crippen LogP contribution in [0.4, 0.5) is 0 Å². The predicted octanol–water partition coefficient (Wildman–Crippen LogP) is 4.88. The number of fused-ring (bicyclic) bond motifs is 1. The fourth-order valence-corrected chi connectivity index (χ4v) is 5.32. The van der Waals surface area contributed by atoms with Crippen LogP contribution in [0.25, 0.3) is 0 Å². The van der Waals surface area contributed by atoms with Crippen LogP contribution in [0, 0.1) is 12.8 Å². The molecule has 4 rings (SSSR count). The first-order chi connectivity index (χ1) is 14.0. The average molecular weight is 396 g/mol. The number of methoxy groups -OCH3 is 2. The molecular weight excluding hydrogens is 362 g/mol. The van der Waals surface area contributed by atoms with Crippen LogP contribution < -0.4 is 9.47 Å². The van der Waals surface area contributed by atoms with Crippen molar-refractivity contribution in [1.82, 2.24) is 4.90 Å². The molecule has 4 heteroatoms. The van der Waals surface area contributed by atoms with Gasteiger partial charge in [0.25, 0.3) is 0 Å². The highest BCUT2D eigenvalue weighted by molar-refractivity contribution is 5.43. The molecule has 1 saturated heterocycles. The Bertz CT molecular complexity index is 834. The molecule has 1 heterocycles. The third-order valence-corrected chi connectivity index (χ3v) is 6.94. The summed E-state index contributed by atoms with van der Waals surface area (Å²) in [7, 11) is 3.40. The fourth-order valence-electron chi connectivity index (χ4n) is 5.32. The highest BCUT2D eigenvalue weighted by Gasteiger charge is 2.49. The SMILES string of the molecule is COc1ccc([C@H]2C3CCCCC3(O)CCN2Cc2ccc(C)cc2)c(OC)c1. The number of rotatable bonds is 5. The lowest BCUT2D eigenvalue weighted by Gasteiger charge is -2.53. The molecule has 0 radical (unpaired) electrons. The molecule has 0 bridgehead atoms. The average Bonchev–Trinajstić information content (AvgIpc) is 2.75. The number of likely N-dealkylation sites (tertiary alicyclic amines) is 1. The zero-order chi connectivity index (χ0) is 20.4. The maximum Gasteiger partial charge on any atom is 0.127 e. The van der Waals surface area contributed by atoms with E-state index < -0.39 is 5.60 Å². The summed E-state index contributed by atoms with van der Waals surface area (Å²) >= 11 is 0. The first kappa shape index (κ1) is 20.2. The molecule has 3 atom stereocenters. The maximum atomic E-state index is 11.5. The van der Waals surface area contributed by atoms with Crippen LogP contribution in [0.5, 0.6) is 11.5 Å². The number of benzene rings is 2. The molecule has 1 aliphatic heterocycles. The molecule has 1 aliphatic carbocycles. The zero-order valence-corrected chi connectivity index (χ0v) is 17.9. The van der Waals surface area contributed by atoms with E-state index in [1.807, 2.05) is 12.1 Å². The predicted molar refractivity (Wildman–Crippen MR) is 115 cm³/mol. The largest absolute Gasteiger partial charge is 0.497 e. The second-order valence-electron chi connectivity index (χ2n) is 8.71. The van der Waals surface area contributed by atoms with E-state index >= 15 is 0 Å². The van der Waals surface area contributed by atoms with Gasteiger partial charge in [0.1, 0.15) is 11.5 Å². The maximum absolute atomic E-state index is 11.5. The van der Waals surface area contributed by atoms with E-state index in [1.165, 1.54) is 17.5 Å². The summed E-state index contributed by atoms with van der Waals surface area (Å²) < 4.78 is 11.2. The third kappa shape index (κ3) is 4.01. The van der Waals surface area contributed by atoms with Crippen LogP contribution in [0.3, 0.4) is 0 Å². The molecule has 156 valence electrons. The topological polar surface area (TPSA) is 41.9 Å². The van der Waals surface area contributed by atoms with Gasteiger partial charge >= 0.3 is 0 Å². The summed E-state index contributed by atoms with van der Waals surface area (Å²) in [4.78, 5) is 2.54. The summed E-state index contributed by atoms with van der Waals surface area (Å²) in [5.41, 5.74) is 3.18. The van der Waals surface area contributed by atoms with Gasteiger partial charge in [-0.2, -0.15) is 0 Å². The number of aliphatic hydroxyl groups is 1. The van der Waals surface area contributed by atoms with E-state index in [1.54, 1.807) is 14.2 Å². The second-order valence-corrected chi connectivity index (χ2v) is 8.71. The van der Waals surface area contributed by atoms with Gasteiger partial charge in [-0.1, -0.05) is 48.7 Å². The monoisotopic (exact) mass is 395 g/mol. The van der Waals surface area contributed by atoms with E-state index in [0.29, 0.717) is 0 Å². The summed E-state index contributed by atoms with van der Waals surface area (Å²) in [5.74, 6) is 1.86. The number of hydrogen-bond donors (Lipinski definition) is 1. The fraction of sp³-hybridized carbons (Fsp3) is 0.520. The smallest absolute Gasteiger partial charge is 0.127 e. The number of hydrogen-bond acceptors (Lipinski definition) is 4. The van der Waals surface area contributed by atoms with Crippen molar-refractivity contribution in [2.75, 3.05) is 20.8 Å². The highest BCUT2D eigenvalue weighted by Crippen LogP contribution is 2.51. The molecule has 0 aromatic heterocycles. The second kappa shape index (κ2) is 8.37. The summed E-state index contributed by atoms with van der Waals surface area (Å²) in [5, 5.41) is 11.5. The van der Waals surface area contributed by atoms with Gasteiger partial charge < -0.3 is 14.6 Å². The first-order valence-corrected chi connectivity index (χ1v) is 10.8. The van der Waals surface area contributed by atoms with Crippen LogP contribution >= 0.6 is 0 Å². The van der Waals surface area contributed by atoms with E-state index in [0.717, 1.165) is 55.8 Å². The van der Waals surface area contributed by atoms with E-state index in [9.17, 15) is 5.11 Å². The van der Waals surface area contributed by atoms with Gasteiger partial charge in [0, 0.05) is 36.7 Å². The van der Waals surface area contributed by atoms with E-state index in [-0.39, 0.29) is 12.0 Å². The molecule has 2 aromatic carbocycles. The molecule has 29 heavy (non-hydrogen) atoms. The van der Waals surface area contributed by atoms with E-state index in [2.05, 4.69) is 42.2 Å². The van der Waals surface area contributed by atoms with Gasteiger partial charge in [-0.05, 0) is 37.8 Å². The molecule has 0 spiro atoms. The Labute approximate surface area is 174 Å². The minimum Gasteiger partial charge on any atom is -0.497 e. The van der Waals surface area contributed by atoms with Crippen molar-refractivity contribution in [2.24, 2.45) is 5.92 Å². The molecule has 1 N–H and O–H groups in total. The Morgan fingerprint density at radius 3 is 2.55 bits per heavy atom. The van der Waals surface area contributed by atoms with Crippen molar-refractivity contribution in [2.45, 2.75) is 57.2 Å². The molecule has 2 aromatic rings. The van der Waals surface area contributed by atoms with Crippen molar-refractivity contribution in [3.8, 4) is 11.5 Å². The number of ether oxygens (including phenoxy) is 2. The van der Waals surface area contributed by atoms with Crippen LogP contribution in [0.15, 0.2) is 42.5 Å². The highest BCUT2D eigenvalue weighted by atomic mass is 16.5. The van der Waals surface area contributed by atoms with Gasteiger partial charge in [0.2, 0.25) is 0 Å². The molecule has 0 amide bonds. The van der Waals surface area contributed by atoms with Gasteiger partial charge in [0.15, 0.2) is 0 Å². The van der Waals surface area contributed by atoms with Crippen molar-refractivity contribution < 1.29 is 14.6 Å². The molecule has 4 nitrogen and oxygen atoms in total. The molecule has 1 saturated carbocycles. The van der Waals surface area contributed by atoms with Gasteiger partial charge in [0.05, 0.1) is 19.8 Å². The van der Waals surface area contributed by atoms with Crippen LogP contribution in [-0.2, 0) is 6.54 Å². The molecule has 2 unspecified atom stereocenters. The quantitative estimate of drug-likeness (QED) is 0.783. The van der Waals surface area contributed by atoms with Crippen molar-refractivity contribution >= 4 is 0 Å². The number of aryl methyl sites for hydroxylation is 1. The first-order valence-electron chi connectivity index (χ1n) is 10.8. The summed E-state index contributed by atoms with van der Waals surface area (Å²) in [6.45, 7) is 3.89.